The number of nitrogens with zero attached hydrogens (tertiary/aromatic N) is 4. The second-order valence-electron chi connectivity index (χ2n) is 7.51. The summed E-state index contributed by atoms with van der Waals surface area (Å²) in [6.45, 7) is 7.34. The van der Waals surface area contributed by atoms with Crippen LogP contribution in [0.25, 0.3) is 11.0 Å². The highest BCUT2D eigenvalue weighted by molar-refractivity contribution is 7.91. The van der Waals surface area contributed by atoms with Gasteiger partial charge < -0.3 is 0 Å². The highest BCUT2D eigenvalue weighted by Crippen LogP contribution is 2.29. The molecule has 2 aliphatic heterocycles. The summed E-state index contributed by atoms with van der Waals surface area (Å²) in [6, 6.07) is 5.90. The number of piperazine rings is 1. The second kappa shape index (κ2) is 6.75. The van der Waals surface area contributed by atoms with Crippen LogP contribution in [0, 0.1) is 0 Å². The van der Waals surface area contributed by atoms with Crippen LogP contribution in [-0.4, -0.2) is 71.8 Å². The number of rotatable bonds is 4. The average Bonchev–Trinajstić information content (AvgIpc) is 3.17. The third-order valence-electron chi connectivity index (χ3n) is 5.38. The van der Waals surface area contributed by atoms with Crippen LogP contribution in [0.1, 0.15) is 19.4 Å². The van der Waals surface area contributed by atoms with Crippen molar-refractivity contribution < 1.29 is 13.0 Å². The van der Waals surface area contributed by atoms with Gasteiger partial charge in [0.1, 0.15) is 11.0 Å². The molecule has 26 heavy (non-hydrogen) atoms. The van der Waals surface area contributed by atoms with Crippen LogP contribution in [0.4, 0.5) is 0 Å². The van der Waals surface area contributed by atoms with E-state index in [2.05, 4.69) is 40.0 Å². The van der Waals surface area contributed by atoms with Gasteiger partial charge >= 0.3 is 0 Å². The SMILES string of the molecule is CC(C)=CCN1CCN(Cc2cccc3nonc23)[C@H]2CS(=O)(=O)C[C@H]21. The number of sulfone groups is 1. The van der Waals surface area contributed by atoms with E-state index in [-0.39, 0.29) is 23.6 Å². The number of hydrogen-bond acceptors (Lipinski definition) is 7. The van der Waals surface area contributed by atoms with Gasteiger partial charge in [-0.2, -0.15) is 0 Å². The molecule has 0 N–H and O–H groups in total. The Balaban J connectivity index is 1.58. The Morgan fingerprint density at radius 2 is 1.92 bits per heavy atom. The molecule has 0 aliphatic carbocycles. The van der Waals surface area contributed by atoms with Crippen molar-refractivity contribution in [3.05, 3.63) is 35.4 Å². The molecule has 0 amide bonds. The molecule has 2 saturated heterocycles. The number of benzene rings is 1. The zero-order chi connectivity index (χ0) is 18.3. The monoisotopic (exact) mass is 376 g/mol. The van der Waals surface area contributed by atoms with E-state index >= 15 is 0 Å². The van der Waals surface area contributed by atoms with Gasteiger partial charge in [-0.05, 0) is 35.8 Å². The van der Waals surface area contributed by atoms with E-state index in [9.17, 15) is 8.42 Å². The maximum atomic E-state index is 12.3. The minimum Gasteiger partial charge on any atom is -0.293 e. The van der Waals surface area contributed by atoms with Gasteiger partial charge in [-0.25, -0.2) is 13.0 Å². The van der Waals surface area contributed by atoms with Gasteiger partial charge in [0.25, 0.3) is 0 Å². The highest BCUT2D eigenvalue weighted by Gasteiger charge is 2.46. The summed E-state index contributed by atoms with van der Waals surface area (Å²) in [5, 5.41) is 7.91. The predicted molar refractivity (Wildman–Crippen MR) is 99.4 cm³/mol. The Bertz CT molecular complexity index is 933. The van der Waals surface area contributed by atoms with Gasteiger partial charge in [0.2, 0.25) is 0 Å². The summed E-state index contributed by atoms with van der Waals surface area (Å²) >= 11 is 0. The molecule has 140 valence electrons. The summed E-state index contributed by atoms with van der Waals surface area (Å²) in [6.07, 6.45) is 2.18. The Morgan fingerprint density at radius 3 is 2.69 bits per heavy atom. The second-order valence-corrected chi connectivity index (χ2v) is 9.66. The molecule has 2 atom stereocenters. The molecule has 8 heteroatoms. The summed E-state index contributed by atoms with van der Waals surface area (Å²) in [5.41, 5.74) is 3.79. The Hall–Kier alpha value is -1.77. The van der Waals surface area contributed by atoms with E-state index in [0.29, 0.717) is 6.54 Å². The third kappa shape index (κ3) is 3.41. The third-order valence-corrected chi connectivity index (χ3v) is 7.08. The van der Waals surface area contributed by atoms with Gasteiger partial charge in [0.05, 0.1) is 11.5 Å². The molecule has 4 rings (SSSR count). The van der Waals surface area contributed by atoms with Crippen molar-refractivity contribution in [2.75, 3.05) is 31.1 Å². The molecule has 3 heterocycles. The van der Waals surface area contributed by atoms with E-state index in [1.54, 1.807) is 0 Å². The van der Waals surface area contributed by atoms with Crippen molar-refractivity contribution >= 4 is 20.9 Å². The zero-order valence-corrected chi connectivity index (χ0v) is 15.9. The molecule has 2 fully saturated rings. The first-order valence-electron chi connectivity index (χ1n) is 8.95. The molecule has 2 aliphatic rings. The molecule has 0 radical (unpaired) electrons. The molecule has 7 nitrogen and oxygen atoms in total. The minimum atomic E-state index is -3.01. The van der Waals surface area contributed by atoms with Crippen LogP contribution in [-0.2, 0) is 16.4 Å². The van der Waals surface area contributed by atoms with Crippen LogP contribution >= 0.6 is 0 Å². The van der Waals surface area contributed by atoms with Crippen molar-refractivity contribution in [3.8, 4) is 0 Å². The predicted octanol–water partition coefficient (Wildman–Crippen LogP) is 1.47. The topological polar surface area (TPSA) is 79.5 Å². The van der Waals surface area contributed by atoms with Crippen molar-refractivity contribution in [2.45, 2.75) is 32.5 Å². The lowest BCUT2D eigenvalue weighted by Crippen LogP contribution is -2.58. The summed E-state index contributed by atoms with van der Waals surface area (Å²) in [5.74, 6) is 0.483. The Kier molecular flexibility index (Phi) is 4.58. The van der Waals surface area contributed by atoms with Gasteiger partial charge in [0.15, 0.2) is 9.84 Å². The lowest BCUT2D eigenvalue weighted by atomic mass is 10.0. The molecule has 0 spiro atoms. The van der Waals surface area contributed by atoms with Crippen molar-refractivity contribution in [2.24, 2.45) is 0 Å². The maximum Gasteiger partial charge on any atom is 0.153 e. The first-order valence-corrected chi connectivity index (χ1v) is 10.8. The number of aromatic nitrogens is 2. The van der Waals surface area contributed by atoms with Gasteiger partial charge in [-0.3, -0.25) is 9.80 Å². The van der Waals surface area contributed by atoms with Gasteiger partial charge in [-0.1, -0.05) is 23.8 Å². The summed E-state index contributed by atoms with van der Waals surface area (Å²) in [7, 11) is -3.01. The molecular formula is C18H24N4O3S. The lowest BCUT2D eigenvalue weighted by Gasteiger charge is -2.43. The fourth-order valence-corrected chi connectivity index (χ4v) is 6.07. The van der Waals surface area contributed by atoms with Gasteiger partial charge in [0, 0.05) is 38.3 Å². The largest absolute Gasteiger partial charge is 0.293 e. The van der Waals surface area contributed by atoms with Crippen LogP contribution in [0.15, 0.2) is 34.5 Å². The fraction of sp³-hybridized carbons (Fsp3) is 0.556. The van der Waals surface area contributed by atoms with Crippen LogP contribution in [0.2, 0.25) is 0 Å². The molecule has 1 aromatic heterocycles. The number of allylic oxidation sites excluding steroid dienone is 1. The average molecular weight is 376 g/mol. The van der Waals surface area contributed by atoms with E-state index in [0.717, 1.165) is 36.2 Å². The first kappa shape index (κ1) is 17.6. The van der Waals surface area contributed by atoms with Crippen molar-refractivity contribution in [3.63, 3.8) is 0 Å². The fourth-order valence-electron chi connectivity index (χ4n) is 4.03. The normalized spacial score (nSPS) is 26.1. The highest BCUT2D eigenvalue weighted by atomic mass is 32.2. The minimum absolute atomic E-state index is 0.0226. The smallest absolute Gasteiger partial charge is 0.153 e. The van der Waals surface area contributed by atoms with E-state index in [4.69, 9.17) is 4.63 Å². The van der Waals surface area contributed by atoms with Crippen molar-refractivity contribution in [1.82, 2.24) is 20.1 Å². The van der Waals surface area contributed by atoms with E-state index in [1.165, 1.54) is 5.57 Å². The van der Waals surface area contributed by atoms with Crippen LogP contribution < -0.4 is 0 Å². The Labute approximate surface area is 153 Å². The number of hydrogen-bond donors (Lipinski definition) is 0. The van der Waals surface area contributed by atoms with Crippen LogP contribution in [0.5, 0.6) is 0 Å². The molecule has 2 aromatic rings. The van der Waals surface area contributed by atoms with Gasteiger partial charge in [-0.15, -0.1) is 0 Å². The Morgan fingerprint density at radius 1 is 1.19 bits per heavy atom. The van der Waals surface area contributed by atoms with E-state index < -0.39 is 9.84 Å². The number of fused-ring (bicyclic) bond motifs is 2. The van der Waals surface area contributed by atoms with Crippen LogP contribution in [0.3, 0.4) is 0 Å². The molecular weight excluding hydrogens is 352 g/mol. The maximum absolute atomic E-state index is 12.3. The zero-order valence-electron chi connectivity index (χ0n) is 15.1. The van der Waals surface area contributed by atoms with E-state index in [1.807, 2.05) is 18.2 Å². The standard InChI is InChI=1S/C18H24N4O3S/c1-13(2)6-7-21-8-9-22(17-12-26(23,24)11-16(17)21)10-14-4-3-5-15-18(14)20-25-19-15/h3-6,16-17H,7-12H2,1-2H3/t16-,17+/m1/s1. The van der Waals surface area contributed by atoms with Crippen molar-refractivity contribution in [1.29, 1.82) is 0 Å². The lowest BCUT2D eigenvalue weighted by molar-refractivity contribution is 0.0480. The quantitative estimate of drug-likeness (QED) is 0.748. The first-order chi connectivity index (χ1) is 12.4. The molecule has 0 unspecified atom stereocenters. The summed E-state index contributed by atoms with van der Waals surface area (Å²) in [4.78, 5) is 4.61. The molecule has 0 saturated carbocycles. The summed E-state index contributed by atoms with van der Waals surface area (Å²) < 4.78 is 29.5. The molecule has 0 bridgehead atoms. The molecule has 1 aromatic carbocycles.